The smallest absolute Gasteiger partial charge is 0.338 e. The lowest BCUT2D eigenvalue weighted by Crippen LogP contribution is -2.11. The van der Waals surface area contributed by atoms with Crippen molar-refractivity contribution in [2.75, 3.05) is 0 Å². The molecule has 0 bridgehead atoms. The normalized spacial score (nSPS) is 10.1. The molecule has 0 unspecified atom stereocenters. The van der Waals surface area contributed by atoms with Crippen molar-refractivity contribution >= 4 is 5.97 Å². The van der Waals surface area contributed by atoms with Crippen LogP contribution in [0.4, 0.5) is 0 Å². The number of nitrogens with zero attached hydrogens (tertiary/aromatic N) is 1. The summed E-state index contributed by atoms with van der Waals surface area (Å²) < 4.78 is 10.8. The van der Waals surface area contributed by atoms with Crippen molar-refractivity contribution in [3.05, 3.63) is 65.2 Å². The predicted molar refractivity (Wildman–Crippen MR) is 82.5 cm³/mol. The highest BCUT2D eigenvalue weighted by atomic mass is 16.5. The minimum absolute atomic E-state index is 0.139. The molecule has 0 aliphatic rings. The summed E-state index contributed by atoms with van der Waals surface area (Å²) in [7, 11) is 0. The van der Waals surface area contributed by atoms with Crippen molar-refractivity contribution in [1.82, 2.24) is 0 Å². The lowest BCUT2D eigenvalue weighted by atomic mass is 10.1. The summed E-state index contributed by atoms with van der Waals surface area (Å²) in [6, 6.07) is 16.1. The quantitative estimate of drug-likeness (QED) is 0.789. The van der Waals surface area contributed by atoms with Gasteiger partial charge in [-0.05, 0) is 55.8 Å². The molecule has 0 saturated carbocycles. The molecule has 0 saturated heterocycles. The lowest BCUT2D eigenvalue weighted by Gasteiger charge is -2.09. The van der Waals surface area contributed by atoms with Crippen molar-refractivity contribution in [2.45, 2.75) is 26.6 Å². The van der Waals surface area contributed by atoms with Crippen LogP contribution in [0.5, 0.6) is 5.75 Å². The zero-order chi connectivity index (χ0) is 15.9. The van der Waals surface area contributed by atoms with Crippen LogP contribution in [0.15, 0.2) is 48.5 Å². The van der Waals surface area contributed by atoms with Gasteiger partial charge in [-0.1, -0.05) is 12.1 Å². The van der Waals surface area contributed by atoms with Gasteiger partial charge in [0.2, 0.25) is 0 Å². The molecular formula is C18H17NO3. The maximum Gasteiger partial charge on any atom is 0.338 e. The van der Waals surface area contributed by atoms with Crippen LogP contribution >= 0.6 is 0 Å². The Hall–Kier alpha value is -2.80. The Balaban J connectivity index is 1.93. The molecule has 0 fully saturated rings. The summed E-state index contributed by atoms with van der Waals surface area (Å²) in [6.07, 6.45) is -0.139. The molecule has 4 heteroatoms. The summed E-state index contributed by atoms with van der Waals surface area (Å²) in [5.74, 6) is 0.332. The number of carbonyl (C=O) groups excluding carboxylic acids is 1. The Bertz CT molecular complexity index is 667. The highest BCUT2D eigenvalue weighted by Gasteiger charge is 2.08. The van der Waals surface area contributed by atoms with Gasteiger partial charge in [0.05, 0.1) is 23.3 Å². The number of rotatable bonds is 5. The topological polar surface area (TPSA) is 59.3 Å². The van der Waals surface area contributed by atoms with Gasteiger partial charge in [0.25, 0.3) is 0 Å². The molecule has 2 aromatic carbocycles. The summed E-state index contributed by atoms with van der Waals surface area (Å²) in [6.45, 7) is 4.03. The molecule has 0 radical (unpaired) electrons. The van der Waals surface area contributed by atoms with E-state index >= 15 is 0 Å². The number of hydrogen-bond acceptors (Lipinski definition) is 4. The minimum atomic E-state index is -0.339. The second-order valence-corrected chi connectivity index (χ2v) is 5.08. The molecule has 0 N–H and O–H groups in total. The van der Waals surface area contributed by atoms with Crippen molar-refractivity contribution in [1.29, 1.82) is 5.26 Å². The van der Waals surface area contributed by atoms with Gasteiger partial charge in [-0.3, -0.25) is 0 Å². The van der Waals surface area contributed by atoms with Gasteiger partial charge in [0.15, 0.2) is 0 Å². The minimum Gasteiger partial charge on any atom is -0.489 e. The molecular weight excluding hydrogens is 278 g/mol. The Kier molecular flexibility index (Phi) is 5.16. The van der Waals surface area contributed by atoms with Crippen LogP contribution in [0.3, 0.4) is 0 Å². The van der Waals surface area contributed by atoms with Crippen LogP contribution in [0.1, 0.15) is 35.3 Å². The number of ether oxygens (including phenoxy) is 2. The summed E-state index contributed by atoms with van der Waals surface area (Å²) in [5, 5.41) is 8.74. The molecule has 0 amide bonds. The van der Waals surface area contributed by atoms with E-state index in [-0.39, 0.29) is 12.1 Å². The van der Waals surface area contributed by atoms with Crippen LogP contribution in [0, 0.1) is 11.3 Å². The molecule has 0 spiro atoms. The van der Waals surface area contributed by atoms with E-state index in [1.807, 2.05) is 26.0 Å². The van der Waals surface area contributed by atoms with Crippen molar-refractivity contribution in [3.63, 3.8) is 0 Å². The van der Waals surface area contributed by atoms with Gasteiger partial charge in [-0.2, -0.15) is 5.26 Å². The van der Waals surface area contributed by atoms with Crippen LogP contribution in [0.2, 0.25) is 0 Å². The standard InChI is InChI=1S/C18H17NO3/c1-13(2)22-18(20)16-7-9-17(10-8-16)21-12-15-5-3-14(11-19)4-6-15/h3-10,13H,12H2,1-2H3. The third-order valence-electron chi connectivity index (χ3n) is 2.92. The van der Waals surface area contributed by atoms with E-state index in [4.69, 9.17) is 14.7 Å². The number of nitriles is 1. The zero-order valence-electron chi connectivity index (χ0n) is 12.6. The molecule has 0 atom stereocenters. The Morgan fingerprint density at radius 2 is 1.73 bits per heavy atom. The molecule has 22 heavy (non-hydrogen) atoms. The number of esters is 1. The first-order valence-electron chi connectivity index (χ1n) is 7.01. The van der Waals surface area contributed by atoms with Crippen molar-refractivity contribution in [2.24, 2.45) is 0 Å². The van der Waals surface area contributed by atoms with E-state index in [9.17, 15) is 4.79 Å². The second-order valence-electron chi connectivity index (χ2n) is 5.08. The lowest BCUT2D eigenvalue weighted by molar-refractivity contribution is 0.0378. The van der Waals surface area contributed by atoms with Crippen molar-refractivity contribution < 1.29 is 14.3 Å². The van der Waals surface area contributed by atoms with E-state index in [1.165, 1.54) is 0 Å². The highest BCUT2D eigenvalue weighted by molar-refractivity contribution is 5.89. The average molecular weight is 295 g/mol. The SMILES string of the molecule is CC(C)OC(=O)c1ccc(OCc2ccc(C#N)cc2)cc1. The van der Waals surface area contributed by atoms with Crippen LogP contribution < -0.4 is 4.74 Å². The molecule has 2 rings (SSSR count). The Morgan fingerprint density at radius 1 is 1.09 bits per heavy atom. The maximum atomic E-state index is 11.7. The van der Waals surface area contributed by atoms with E-state index in [2.05, 4.69) is 6.07 Å². The largest absolute Gasteiger partial charge is 0.489 e. The van der Waals surface area contributed by atoms with E-state index in [0.717, 1.165) is 5.56 Å². The fourth-order valence-corrected chi connectivity index (χ4v) is 1.81. The van der Waals surface area contributed by atoms with E-state index in [0.29, 0.717) is 23.5 Å². The third-order valence-corrected chi connectivity index (χ3v) is 2.92. The van der Waals surface area contributed by atoms with Crippen LogP contribution in [-0.4, -0.2) is 12.1 Å². The first-order chi connectivity index (χ1) is 10.6. The number of hydrogen-bond donors (Lipinski definition) is 0. The van der Waals surface area contributed by atoms with Crippen LogP contribution in [0.25, 0.3) is 0 Å². The molecule has 4 nitrogen and oxygen atoms in total. The second kappa shape index (κ2) is 7.28. The van der Waals surface area contributed by atoms with E-state index < -0.39 is 0 Å². The predicted octanol–water partition coefficient (Wildman–Crippen LogP) is 3.70. The number of carbonyl (C=O) groups is 1. The first kappa shape index (κ1) is 15.6. The van der Waals surface area contributed by atoms with Crippen LogP contribution in [-0.2, 0) is 11.3 Å². The van der Waals surface area contributed by atoms with Gasteiger partial charge >= 0.3 is 5.97 Å². The van der Waals surface area contributed by atoms with Gasteiger partial charge in [-0.15, -0.1) is 0 Å². The maximum absolute atomic E-state index is 11.7. The third kappa shape index (κ3) is 4.35. The summed E-state index contributed by atoms with van der Waals surface area (Å²) in [4.78, 5) is 11.7. The number of benzene rings is 2. The molecule has 112 valence electrons. The Morgan fingerprint density at radius 3 is 2.27 bits per heavy atom. The summed E-state index contributed by atoms with van der Waals surface area (Å²) >= 11 is 0. The average Bonchev–Trinajstić information content (AvgIpc) is 2.53. The zero-order valence-corrected chi connectivity index (χ0v) is 12.6. The van der Waals surface area contributed by atoms with Gasteiger partial charge in [0, 0.05) is 0 Å². The van der Waals surface area contributed by atoms with Gasteiger partial charge in [0.1, 0.15) is 12.4 Å². The van der Waals surface area contributed by atoms with Gasteiger partial charge in [-0.25, -0.2) is 4.79 Å². The molecule has 0 aromatic heterocycles. The fourth-order valence-electron chi connectivity index (χ4n) is 1.81. The van der Waals surface area contributed by atoms with E-state index in [1.54, 1.807) is 36.4 Å². The molecule has 0 aliphatic heterocycles. The fraction of sp³-hybridized carbons (Fsp3) is 0.222. The highest BCUT2D eigenvalue weighted by Crippen LogP contribution is 2.15. The first-order valence-corrected chi connectivity index (χ1v) is 7.01. The van der Waals surface area contributed by atoms with Crippen molar-refractivity contribution in [3.8, 4) is 11.8 Å². The molecule has 2 aromatic rings. The Labute approximate surface area is 129 Å². The van der Waals surface area contributed by atoms with Gasteiger partial charge < -0.3 is 9.47 Å². The molecule has 0 aliphatic carbocycles. The monoisotopic (exact) mass is 295 g/mol. The summed E-state index contributed by atoms with van der Waals surface area (Å²) in [5.41, 5.74) is 2.10. The molecule has 0 heterocycles.